The molecule has 3 N–H and O–H groups in total. The lowest BCUT2D eigenvalue weighted by atomic mass is 10.1. The van der Waals surface area contributed by atoms with Gasteiger partial charge in [-0.25, -0.2) is 4.79 Å². The number of amides is 1. The Labute approximate surface area is 77.0 Å². The molecule has 0 aromatic heterocycles. The molecule has 0 aliphatic rings. The van der Waals surface area contributed by atoms with Gasteiger partial charge in [-0.05, 0) is 6.42 Å². The van der Waals surface area contributed by atoms with Crippen LogP contribution in [-0.2, 0) is 0 Å². The van der Waals surface area contributed by atoms with Crippen LogP contribution in [0.3, 0.4) is 0 Å². The second-order valence-corrected chi connectivity index (χ2v) is 2.77. The van der Waals surface area contributed by atoms with E-state index in [-0.39, 0.29) is 0 Å². The molecule has 0 rings (SSSR count). The SMILES string of the molecule is CCCCC(NC(=O)O)[C@H](O)C#N. The molecule has 0 aromatic rings. The van der Waals surface area contributed by atoms with Gasteiger partial charge < -0.3 is 15.5 Å². The molecule has 0 radical (unpaired) electrons. The molecule has 0 saturated carbocycles. The topological polar surface area (TPSA) is 93.3 Å². The van der Waals surface area contributed by atoms with Crippen molar-refractivity contribution < 1.29 is 15.0 Å². The van der Waals surface area contributed by atoms with Crippen LogP contribution in [0, 0.1) is 11.3 Å². The minimum Gasteiger partial charge on any atom is -0.465 e. The van der Waals surface area contributed by atoms with Gasteiger partial charge in [0.1, 0.15) is 0 Å². The van der Waals surface area contributed by atoms with Crippen LogP contribution in [0.25, 0.3) is 0 Å². The molecule has 5 heteroatoms. The molecule has 0 spiro atoms. The van der Waals surface area contributed by atoms with E-state index in [1.165, 1.54) is 0 Å². The molecular weight excluding hydrogens is 172 g/mol. The van der Waals surface area contributed by atoms with Gasteiger partial charge in [0.25, 0.3) is 0 Å². The summed E-state index contributed by atoms with van der Waals surface area (Å²) < 4.78 is 0. The van der Waals surface area contributed by atoms with Gasteiger partial charge in [0.05, 0.1) is 12.1 Å². The number of hydrogen-bond donors (Lipinski definition) is 3. The van der Waals surface area contributed by atoms with Crippen molar-refractivity contribution >= 4 is 6.09 Å². The predicted octanol–water partition coefficient (Wildman–Crippen LogP) is 0.697. The summed E-state index contributed by atoms with van der Waals surface area (Å²) in [5.74, 6) is 0. The van der Waals surface area contributed by atoms with E-state index in [4.69, 9.17) is 15.5 Å². The zero-order chi connectivity index (χ0) is 10.3. The van der Waals surface area contributed by atoms with E-state index in [1.807, 2.05) is 6.92 Å². The van der Waals surface area contributed by atoms with E-state index in [0.717, 1.165) is 12.8 Å². The number of aliphatic hydroxyl groups excluding tert-OH is 1. The first kappa shape index (κ1) is 11.7. The fourth-order valence-corrected chi connectivity index (χ4v) is 0.982. The van der Waals surface area contributed by atoms with Gasteiger partial charge in [-0.2, -0.15) is 5.26 Å². The Hall–Kier alpha value is -1.28. The number of unbranched alkanes of at least 4 members (excludes halogenated alkanes) is 1. The van der Waals surface area contributed by atoms with E-state index in [2.05, 4.69) is 5.32 Å². The first-order valence-electron chi connectivity index (χ1n) is 4.19. The lowest BCUT2D eigenvalue weighted by Crippen LogP contribution is -2.42. The molecule has 0 heterocycles. The number of carbonyl (C=O) groups is 1. The highest BCUT2D eigenvalue weighted by atomic mass is 16.4. The van der Waals surface area contributed by atoms with Gasteiger partial charge in [0.15, 0.2) is 6.10 Å². The monoisotopic (exact) mass is 186 g/mol. The van der Waals surface area contributed by atoms with Crippen LogP contribution in [0.15, 0.2) is 0 Å². The molecule has 0 aliphatic heterocycles. The maximum absolute atomic E-state index is 10.3. The Morgan fingerprint density at radius 2 is 2.31 bits per heavy atom. The minimum atomic E-state index is -1.26. The molecule has 1 unspecified atom stereocenters. The molecule has 0 aliphatic carbocycles. The summed E-state index contributed by atoms with van der Waals surface area (Å²) >= 11 is 0. The molecular formula is C8H14N2O3. The van der Waals surface area contributed by atoms with Crippen molar-refractivity contribution in [2.45, 2.75) is 38.3 Å². The Balaban J connectivity index is 4.03. The van der Waals surface area contributed by atoms with Crippen molar-refractivity contribution in [3.63, 3.8) is 0 Å². The number of carboxylic acid groups (broad SMARTS) is 1. The third kappa shape index (κ3) is 5.04. The van der Waals surface area contributed by atoms with Crippen molar-refractivity contribution in [3.05, 3.63) is 0 Å². The van der Waals surface area contributed by atoms with Gasteiger partial charge in [-0.3, -0.25) is 0 Å². The molecule has 0 aromatic carbocycles. The molecule has 2 atom stereocenters. The number of rotatable bonds is 5. The van der Waals surface area contributed by atoms with E-state index in [0.29, 0.717) is 6.42 Å². The van der Waals surface area contributed by atoms with Gasteiger partial charge >= 0.3 is 6.09 Å². The van der Waals surface area contributed by atoms with Crippen LogP contribution in [0.4, 0.5) is 4.79 Å². The normalized spacial score (nSPS) is 14.2. The van der Waals surface area contributed by atoms with Crippen molar-refractivity contribution in [3.8, 4) is 6.07 Å². The predicted molar refractivity (Wildman–Crippen MR) is 46.1 cm³/mol. The summed E-state index contributed by atoms with van der Waals surface area (Å²) in [5, 5.41) is 28.0. The minimum absolute atomic E-state index is 0.484. The maximum Gasteiger partial charge on any atom is 0.405 e. The summed E-state index contributed by atoms with van der Waals surface area (Å²) in [6, 6.07) is 0.931. The standard InChI is InChI=1S/C8H14N2O3/c1-2-3-4-6(7(11)5-9)10-8(12)13/h6-7,10-11H,2-4H2,1H3,(H,12,13)/t6?,7-/m1/s1. The molecule has 1 amide bonds. The first-order valence-corrected chi connectivity index (χ1v) is 4.19. The highest BCUT2D eigenvalue weighted by Gasteiger charge is 2.19. The molecule has 0 fully saturated rings. The number of nitrogens with zero attached hydrogens (tertiary/aromatic N) is 1. The van der Waals surface area contributed by atoms with Gasteiger partial charge in [-0.15, -0.1) is 0 Å². The molecule has 13 heavy (non-hydrogen) atoms. The lowest BCUT2D eigenvalue weighted by Gasteiger charge is -2.17. The zero-order valence-corrected chi connectivity index (χ0v) is 7.53. The number of hydrogen-bond acceptors (Lipinski definition) is 3. The third-order valence-electron chi connectivity index (χ3n) is 1.69. The van der Waals surface area contributed by atoms with Crippen LogP contribution in [-0.4, -0.2) is 28.5 Å². The van der Waals surface area contributed by atoms with Crippen LogP contribution in [0.1, 0.15) is 26.2 Å². The maximum atomic E-state index is 10.3. The van der Waals surface area contributed by atoms with Crippen molar-refractivity contribution in [2.75, 3.05) is 0 Å². The Morgan fingerprint density at radius 1 is 1.69 bits per heavy atom. The van der Waals surface area contributed by atoms with E-state index >= 15 is 0 Å². The van der Waals surface area contributed by atoms with Crippen LogP contribution >= 0.6 is 0 Å². The van der Waals surface area contributed by atoms with E-state index < -0.39 is 18.2 Å². The Bertz CT molecular complexity index is 200. The van der Waals surface area contributed by atoms with Gasteiger partial charge in [-0.1, -0.05) is 19.8 Å². The Morgan fingerprint density at radius 3 is 2.69 bits per heavy atom. The average Bonchev–Trinajstić information content (AvgIpc) is 2.10. The van der Waals surface area contributed by atoms with E-state index in [1.54, 1.807) is 6.07 Å². The summed E-state index contributed by atoms with van der Waals surface area (Å²) in [4.78, 5) is 10.3. The first-order chi connectivity index (χ1) is 6.11. The summed E-state index contributed by atoms with van der Waals surface area (Å²) in [6.45, 7) is 1.95. The summed E-state index contributed by atoms with van der Waals surface area (Å²) in [5.41, 5.74) is 0. The molecule has 0 bridgehead atoms. The van der Waals surface area contributed by atoms with Crippen LogP contribution < -0.4 is 5.32 Å². The summed E-state index contributed by atoms with van der Waals surface area (Å²) in [7, 11) is 0. The Kier molecular flexibility index (Phi) is 5.64. The highest BCUT2D eigenvalue weighted by Crippen LogP contribution is 2.04. The fraction of sp³-hybridized carbons (Fsp3) is 0.750. The highest BCUT2D eigenvalue weighted by molar-refractivity contribution is 5.65. The van der Waals surface area contributed by atoms with Crippen molar-refractivity contribution in [1.82, 2.24) is 5.32 Å². The smallest absolute Gasteiger partial charge is 0.405 e. The molecule has 0 saturated heterocycles. The fourth-order valence-electron chi connectivity index (χ4n) is 0.982. The van der Waals surface area contributed by atoms with Gasteiger partial charge in [0, 0.05) is 0 Å². The van der Waals surface area contributed by atoms with E-state index in [9.17, 15) is 4.79 Å². The number of nitriles is 1. The largest absolute Gasteiger partial charge is 0.465 e. The third-order valence-corrected chi connectivity index (χ3v) is 1.69. The average molecular weight is 186 g/mol. The van der Waals surface area contributed by atoms with Crippen molar-refractivity contribution in [2.24, 2.45) is 0 Å². The second kappa shape index (κ2) is 6.26. The zero-order valence-electron chi connectivity index (χ0n) is 7.53. The van der Waals surface area contributed by atoms with Gasteiger partial charge in [0.2, 0.25) is 0 Å². The van der Waals surface area contributed by atoms with Crippen molar-refractivity contribution in [1.29, 1.82) is 5.26 Å². The number of nitrogens with one attached hydrogen (secondary N) is 1. The second-order valence-electron chi connectivity index (χ2n) is 2.77. The molecule has 74 valence electrons. The lowest BCUT2D eigenvalue weighted by molar-refractivity contribution is 0.150. The number of aliphatic hydroxyl groups is 1. The van der Waals surface area contributed by atoms with Crippen LogP contribution in [0.2, 0.25) is 0 Å². The quantitative estimate of drug-likeness (QED) is 0.551. The molecule has 5 nitrogen and oxygen atoms in total. The van der Waals surface area contributed by atoms with Crippen LogP contribution in [0.5, 0.6) is 0 Å². The summed E-state index contributed by atoms with van der Waals surface area (Å²) in [6.07, 6.45) is -0.310.